The molecule has 0 spiro atoms. The molecule has 0 aromatic rings. The van der Waals surface area contributed by atoms with E-state index in [1.165, 1.54) is 31.6 Å². The van der Waals surface area contributed by atoms with Crippen LogP contribution in [-0.4, -0.2) is 25.7 Å². The van der Waals surface area contributed by atoms with Crippen molar-refractivity contribution in [1.82, 2.24) is 0 Å². The minimum atomic E-state index is -0.724. The third kappa shape index (κ3) is 5.23. The summed E-state index contributed by atoms with van der Waals surface area (Å²) in [7, 11) is -0.724. The third-order valence-electron chi connectivity index (χ3n) is 2.13. The van der Waals surface area contributed by atoms with Crippen LogP contribution in [0.5, 0.6) is 0 Å². The number of rotatable bonds is 5. The van der Waals surface area contributed by atoms with Crippen LogP contribution in [0.25, 0.3) is 0 Å². The van der Waals surface area contributed by atoms with Crippen LogP contribution in [0.4, 0.5) is 0 Å². The zero-order valence-corrected chi connectivity index (χ0v) is 9.04. The van der Waals surface area contributed by atoms with Crippen LogP contribution in [0.3, 0.4) is 0 Å². The SMILES string of the molecule is CCCC[PH](C)(C)CCC. The van der Waals surface area contributed by atoms with Gasteiger partial charge in [0.05, 0.1) is 0 Å². The summed E-state index contributed by atoms with van der Waals surface area (Å²) >= 11 is 0. The van der Waals surface area contributed by atoms with E-state index in [0.29, 0.717) is 0 Å². The van der Waals surface area contributed by atoms with Gasteiger partial charge in [0.15, 0.2) is 0 Å². The fourth-order valence-corrected chi connectivity index (χ4v) is 4.37. The molecule has 10 heavy (non-hydrogen) atoms. The van der Waals surface area contributed by atoms with Crippen LogP contribution in [-0.2, 0) is 0 Å². The molecule has 0 nitrogen and oxygen atoms in total. The molecule has 0 rings (SSSR count). The first kappa shape index (κ1) is 10.4. The maximum atomic E-state index is 2.52. The van der Waals surface area contributed by atoms with E-state index >= 15 is 0 Å². The fourth-order valence-electron chi connectivity index (χ4n) is 1.46. The summed E-state index contributed by atoms with van der Waals surface area (Å²) in [5, 5.41) is 0. The molecule has 1 heteroatoms. The summed E-state index contributed by atoms with van der Waals surface area (Å²) in [6, 6.07) is 0. The van der Waals surface area contributed by atoms with Gasteiger partial charge in [-0.25, -0.2) is 0 Å². The molecule has 0 saturated heterocycles. The second kappa shape index (κ2) is 5.13. The Morgan fingerprint density at radius 3 is 1.90 bits per heavy atom. The molecule has 0 heterocycles. The molecule has 0 N–H and O–H groups in total. The monoisotopic (exact) mass is 162 g/mol. The van der Waals surface area contributed by atoms with E-state index in [2.05, 4.69) is 27.2 Å². The Balaban J connectivity index is 3.42. The van der Waals surface area contributed by atoms with Gasteiger partial charge in [-0.2, -0.15) is 0 Å². The molecule has 0 saturated carbocycles. The summed E-state index contributed by atoms with van der Waals surface area (Å²) in [5.41, 5.74) is 0. The topological polar surface area (TPSA) is 0 Å². The summed E-state index contributed by atoms with van der Waals surface area (Å²) in [6.45, 7) is 9.63. The molecule has 0 bridgehead atoms. The Morgan fingerprint density at radius 1 is 0.900 bits per heavy atom. The summed E-state index contributed by atoms with van der Waals surface area (Å²) in [4.78, 5) is 0. The average molecular weight is 162 g/mol. The van der Waals surface area contributed by atoms with Crippen molar-refractivity contribution in [3.05, 3.63) is 0 Å². The number of unbranched alkanes of at least 4 members (excludes halogenated alkanes) is 1. The van der Waals surface area contributed by atoms with Crippen molar-refractivity contribution < 1.29 is 0 Å². The Kier molecular flexibility index (Phi) is 5.35. The van der Waals surface area contributed by atoms with Crippen LogP contribution in [0.1, 0.15) is 33.1 Å². The zero-order chi connectivity index (χ0) is 8.04. The van der Waals surface area contributed by atoms with Crippen molar-refractivity contribution in [2.45, 2.75) is 33.1 Å². The Morgan fingerprint density at radius 2 is 1.50 bits per heavy atom. The molecule has 0 unspecified atom stereocenters. The van der Waals surface area contributed by atoms with E-state index in [1.54, 1.807) is 0 Å². The van der Waals surface area contributed by atoms with E-state index < -0.39 is 7.26 Å². The quantitative estimate of drug-likeness (QED) is 0.544. The van der Waals surface area contributed by atoms with E-state index in [4.69, 9.17) is 0 Å². The second-order valence-corrected chi connectivity index (χ2v) is 9.35. The summed E-state index contributed by atoms with van der Waals surface area (Å²) < 4.78 is 0. The summed E-state index contributed by atoms with van der Waals surface area (Å²) in [6.07, 6.45) is 7.28. The fraction of sp³-hybridized carbons (Fsp3) is 1.00. The van der Waals surface area contributed by atoms with E-state index in [1.807, 2.05) is 0 Å². The van der Waals surface area contributed by atoms with E-state index in [9.17, 15) is 0 Å². The van der Waals surface area contributed by atoms with Crippen LogP contribution in [0.2, 0.25) is 0 Å². The third-order valence-corrected chi connectivity index (χ3v) is 5.69. The van der Waals surface area contributed by atoms with Gasteiger partial charge >= 0.3 is 66.0 Å². The number of hydrogen-bond donors (Lipinski definition) is 0. The Hall–Kier alpha value is 0.430. The zero-order valence-electron chi connectivity index (χ0n) is 8.04. The van der Waals surface area contributed by atoms with Gasteiger partial charge in [-0.05, 0) is 0 Å². The normalized spacial score (nSPS) is 13.6. The number of hydrogen-bond acceptors (Lipinski definition) is 0. The van der Waals surface area contributed by atoms with Crippen molar-refractivity contribution in [1.29, 1.82) is 0 Å². The van der Waals surface area contributed by atoms with Crippen molar-refractivity contribution in [3.8, 4) is 0 Å². The van der Waals surface area contributed by atoms with Crippen molar-refractivity contribution in [3.63, 3.8) is 0 Å². The molecule has 64 valence electrons. The van der Waals surface area contributed by atoms with Crippen molar-refractivity contribution in [2.75, 3.05) is 25.7 Å². The molecule has 0 aromatic carbocycles. The van der Waals surface area contributed by atoms with Crippen LogP contribution in [0.15, 0.2) is 0 Å². The molecule has 0 fully saturated rings. The van der Waals surface area contributed by atoms with Gasteiger partial charge < -0.3 is 0 Å². The van der Waals surface area contributed by atoms with Crippen molar-refractivity contribution in [2.24, 2.45) is 0 Å². The summed E-state index contributed by atoms with van der Waals surface area (Å²) in [5.74, 6) is 0. The molecular weight excluding hydrogens is 139 g/mol. The Labute approximate surface area is 66.7 Å². The van der Waals surface area contributed by atoms with Gasteiger partial charge in [0, 0.05) is 0 Å². The molecular formula is C9H23P. The van der Waals surface area contributed by atoms with Crippen LogP contribution in [0, 0.1) is 0 Å². The molecule has 0 aromatic heterocycles. The Bertz CT molecular complexity index is 76.8. The van der Waals surface area contributed by atoms with E-state index in [-0.39, 0.29) is 0 Å². The first-order chi connectivity index (χ1) is 4.62. The molecule has 0 amide bonds. The van der Waals surface area contributed by atoms with Gasteiger partial charge in [0.2, 0.25) is 0 Å². The predicted molar refractivity (Wildman–Crippen MR) is 55.1 cm³/mol. The molecule has 0 radical (unpaired) electrons. The van der Waals surface area contributed by atoms with Crippen LogP contribution >= 0.6 is 7.26 Å². The maximum absolute atomic E-state index is 2.52. The van der Waals surface area contributed by atoms with Gasteiger partial charge in [-0.1, -0.05) is 0 Å². The van der Waals surface area contributed by atoms with Gasteiger partial charge in [0.1, 0.15) is 0 Å². The van der Waals surface area contributed by atoms with Crippen LogP contribution < -0.4 is 0 Å². The minimum absolute atomic E-state index is 0.724. The van der Waals surface area contributed by atoms with Gasteiger partial charge in [0.25, 0.3) is 0 Å². The molecule has 0 aliphatic carbocycles. The standard InChI is InChI=1S/C9H23P/c1-5-7-9-10(3,4)8-6-2/h10H,5-9H2,1-4H3. The predicted octanol–water partition coefficient (Wildman–Crippen LogP) is 3.21. The molecule has 0 atom stereocenters. The molecule has 0 aliphatic heterocycles. The second-order valence-electron chi connectivity index (χ2n) is 4.02. The van der Waals surface area contributed by atoms with Crippen molar-refractivity contribution >= 4 is 7.26 Å². The average Bonchev–Trinajstić information content (AvgIpc) is 1.84. The first-order valence-electron chi connectivity index (χ1n) is 4.62. The first-order valence-corrected chi connectivity index (χ1v) is 8.04. The van der Waals surface area contributed by atoms with Gasteiger partial charge in [-0.3, -0.25) is 0 Å². The van der Waals surface area contributed by atoms with Gasteiger partial charge in [-0.15, -0.1) is 0 Å². The molecule has 0 aliphatic rings. The van der Waals surface area contributed by atoms with E-state index in [0.717, 1.165) is 0 Å².